The highest BCUT2D eigenvalue weighted by atomic mass is 35.5. The molecule has 0 radical (unpaired) electrons. The fourth-order valence-electron chi connectivity index (χ4n) is 3.31. The summed E-state index contributed by atoms with van der Waals surface area (Å²) in [7, 11) is 3.50. The van der Waals surface area contributed by atoms with E-state index in [2.05, 4.69) is 43.0 Å². The van der Waals surface area contributed by atoms with Gasteiger partial charge in [0.15, 0.2) is 5.76 Å². The first-order valence-electron chi connectivity index (χ1n) is 11.6. The molecular formula is C27H38ClN3O3. The minimum atomic E-state index is -0.853. The first-order valence-corrected chi connectivity index (χ1v) is 11.9. The van der Waals surface area contributed by atoms with Crippen LogP contribution in [0, 0.1) is 12.3 Å². The quantitative estimate of drug-likeness (QED) is 0.182. The molecule has 0 aliphatic rings. The van der Waals surface area contributed by atoms with Gasteiger partial charge in [0.2, 0.25) is 6.29 Å². The summed E-state index contributed by atoms with van der Waals surface area (Å²) in [6.45, 7) is 15.7. The molecule has 186 valence electrons. The average molecular weight is 488 g/mol. The molecule has 1 atom stereocenters. The number of hydrogen-bond acceptors (Lipinski definition) is 5. The van der Waals surface area contributed by atoms with Gasteiger partial charge in [-0.3, -0.25) is 14.5 Å². The van der Waals surface area contributed by atoms with E-state index in [-0.39, 0.29) is 11.4 Å². The van der Waals surface area contributed by atoms with Gasteiger partial charge < -0.3 is 9.47 Å². The maximum atomic E-state index is 12.7. The standard InChI is InChI=1S/C27H38ClN3O3/c1-11-27(7,8)25(32)34-18(3)33-24(23-22(28)17(2)30-31(23)10)21(16-29-9)19-12-14-20(15-13-19)26(4,5)6/h12-16,18H,11H2,1-10H3/b24-21-,29-16?. The van der Waals surface area contributed by atoms with E-state index in [0.717, 1.165) is 5.56 Å². The number of halogens is 1. The van der Waals surface area contributed by atoms with E-state index in [1.807, 2.05) is 39.8 Å². The van der Waals surface area contributed by atoms with Crippen molar-refractivity contribution in [3.63, 3.8) is 0 Å². The van der Waals surface area contributed by atoms with Gasteiger partial charge in [0, 0.05) is 32.8 Å². The number of nitrogens with zero attached hydrogens (tertiary/aromatic N) is 3. The molecule has 1 unspecified atom stereocenters. The summed E-state index contributed by atoms with van der Waals surface area (Å²) in [4.78, 5) is 16.9. The van der Waals surface area contributed by atoms with Gasteiger partial charge in [-0.05, 0) is 43.7 Å². The number of carbonyl (C=O) groups is 1. The largest absolute Gasteiger partial charge is 0.452 e. The summed E-state index contributed by atoms with van der Waals surface area (Å²) in [6, 6.07) is 8.27. The second-order valence-electron chi connectivity index (χ2n) is 10.2. The third kappa shape index (κ3) is 6.29. The molecule has 2 aromatic rings. The van der Waals surface area contributed by atoms with E-state index in [9.17, 15) is 4.79 Å². The number of carbonyl (C=O) groups excluding carboxylic acids is 1. The van der Waals surface area contributed by atoms with Crippen LogP contribution in [0.3, 0.4) is 0 Å². The Bertz CT molecular complexity index is 1070. The Labute approximate surface area is 209 Å². The Balaban J connectivity index is 2.65. The summed E-state index contributed by atoms with van der Waals surface area (Å²) in [5.41, 5.74) is 3.50. The van der Waals surface area contributed by atoms with Crippen LogP contribution in [-0.4, -0.2) is 35.3 Å². The van der Waals surface area contributed by atoms with Crippen molar-refractivity contribution >= 4 is 35.1 Å². The molecule has 0 saturated heterocycles. The van der Waals surface area contributed by atoms with Crippen molar-refractivity contribution in [2.75, 3.05) is 7.05 Å². The summed E-state index contributed by atoms with van der Waals surface area (Å²) in [5, 5.41) is 4.92. The van der Waals surface area contributed by atoms with Crippen LogP contribution >= 0.6 is 11.6 Å². The first kappa shape index (κ1) is 27.6. The van der Waals surface area contributed by atoms with Gasteiger partial charge in [0.1, 0.15) is 5.69 Å². The Kier molecular flexibility index (Phi) is 8.75. The van der Waals surface area contributed by atoms with Crippen molar-refractivity contribution in [1.82, 2.24) is 9.78 Å². The third-order valence-corrected chi connectivity index (χ3v) is 6.37. The van der Waals surface area contributed by atoms with Gasteiger partial charge in [0.05, 0.1) is 16.1 Å². The molecule has 0 N–H and O–H groups in total. The van der Waals surface area contributed by atoms with Gasteiger partial charge in [0.25, 0.3) is 0 Å². The molecular weight excluding hydrogens is 450 g/mol. The fourth-order valence-corrected chi connectivity index (χ4v) is 3.56. The molecule has 0 bridgehead atoms. The summed E-state index contributed by atoms with van der Waals surface area (Å²) >= 11 is 6.66. The van der Waals surface area contributed by atoms with Crippen LogP contribution < -0.4 is 0 Å². The van der Waals surface area contributed by atoms with E-state index >= 15 is 0 Å². The van der Waals surface area contributed by atoms with Crippen LogP contribution in [0.2, 0.25) is 5.02 Å². The Morgan fingerprint density at radius 2 is 1.76 bits per heavy atom. The number of hydrogen-bond donors (Lipinski definition) is 0. The zero-order valence-corrected chi connectivity index (χ0v) is 22.9. The Morgan fingerprint density at radius 1 is 1.18 bits per heavy atom. The molecule has 0 amide bonds. The fraction of sp³-hybridized carbons (Fsp3) is 0.519. The van der Waals surface area contributed by atoms with Crippen LogP contribution in [0.5, 0.6) is 0 Å². The van der Waals surface area contributed by atoms with Crippen LogP contribution in [0.4, 0.5) is 0 Å². The van der Waals surface area contributed by atoms with E-state index in [4.69, 9.17) is 21.1 Å². The molecule has 1 aromatic heterocycles. The normalized spacial score (nSPS) is 14.2. The van der Waals surface area contributed by atoms with Crippen molar-refractivity contribution in [2.24, 2.45) is 17.5 Å². The number of aliphatic imine (C=N–C) groups is 1. The summed E-state index contributed by atoms with van der Waals surface area (Å²) < 4.78 is 13.6. The van der Waals surface area contributed by atoms with Crippen LogP contribution in [0.25, 0.3) is 11.3 Å². The second kappa shape index (κ2) is 10.8. The topological polar surface area (TPSA) is 65.7 Å². The van der Waals surface area contributed by atoms with Crippen molar-refractivity contribution in [3.8, 4) is 0 Å². The number of allylic oxidation sites excluding steroid dienone is 1. The maximum Gasteiger partial charge on any atom is 0.314 e. The van der Waals surface area contributed by atoms with Crippen molar-refractivity contribution < 1.29 is 14.3 Å². The van der Waals surface area contributed by atoms with E-state index in [0.29, 0.717) is 34.2 Å². The molecule has 0 spiro atoms. The molecule has 0 fully saturated rings. The number of esters is 1. The van der Waals surface area contributed by atoms with E-state index < -0.39 is 11.7 Å². The van der Waals surface area contributed by atoms with Gasteiger partial charge in [-0.2, -0.15) is 5.10 Å². The summed E-state index contributed by atoms with van der Waals surface area (Å²) in [5.74, 6) is 0.117. The predicted octanol–water partition coefficient (Wildman–Crippen LogP) is 6.59. The SMILES string of the molecule is CCC(C)(C)C(=O)OC(C)O/C(=C(/C=NC)c1ccc(C(C)(C)C)cc1)c1c(Cl)c(C)nn1C. The molecule has 0 aliphatic heterocycles. The third-order valence-electron chi connectivity index (χ3n) is 5.92. The van der Waals surface area contributed by atoms with Gasteiger partial charge in [-0.25, -0.2) is 0 Å². The minimum absolute atomic E-state index is 0.0256. The zero-order valence-electron chi connectivity index (χ0n) is 22.1. The first-order chi connectivity index (χ1) is 15.7. The molecule has 1 heterocycles. The van der Waals surface area contributed by atoms with Crippen molar-refractivity contribution in [2.45, 2.75) is 73.5 Å². The minimum Gasteiger partial charge on any atom is -0.452 e. The van der Waals surface area contributed by atoms with Gasteiger partial charge in [-0.15, -0.1) is 0 Å². The lowest BCUT2D eigenvalue weighted by Gasteiger charge is -2.25. The molecule has 0 aliphatic carbocycles. The molecule has 2 rings (SSSR count). The molecule has 0 saturated carbocycles. The predicted molar refractivity (Wildman–Crippen MR) is 140 cm³/mol. The number of benzene rings is 1. The Morgan fingerprint density at radius 3 is 2.21 bits per heavy atom. The van der Waals surface area contributed by atoms with Gasteiger partial charge >= 0.3 is 5.97 Å². The molecule has 7 heteroatoms. The highest BCUT2D eigenvalue weighted by Crippen LogP contribution is 2.35. The monoisotopic (exact) mass is 487 g/mol. The Hall–Kier alpha value is -2.60. The van der Waals surface area contributed by atoms with Crippen molar-refractivity contribution in [3.05, 3.63) is 51.8 Å². The zero-order chi connectivity index (χ0) is 25.8. The highest BCUT2D eigenvalue weighted by Gasteiger charge is 2.30. The van der Waals surface area contributed by atoms with Crippen LogP contribution in [0.1, 0.15) is 77.4 Å². The maximum absolute atomic E-state index is 12.7. The number of aromatic nitrogens is 2. The molecule has 34 heavy (non-hydrogen) atoms. The lowest BCUT2D eigenvalue weighted by atomic mass is 9.86. The number of rotatable bonds is 8. The van der Waals surface area contributed by atoms with Crippen LogP contribution in [0.15, 0.2) is 29.3 Å². The lowest BCUT2D eigenvalue weighted by Crippen LogP contribution is -2.30. The number of aryl methyl sites for hydroxylation is 2. The van der Waals surface area contributed by atoms with E-state index in [1.54, 1.807) is 31.9 Å². The second-order valence-corrected chi connectivity index (χ2v) is 10.5. The van der Waals surface area contributed by atoms with Crippen molar-refractivity contribution in [1.29, 1.82) is 0 Å². The van der Waals surface area contributed by atoms with Gasteiger partial charge in [-0.1, -0.05) is 63.6 Å². The average Bonchev–Trinajstić information content (AvgIpc) is 3.01. The molecule has 6 nitrogen and oxygen atoms in total. The summed E-state index contributed by atoms with van der Waals surface area (Å²) in [6.07, 6.45) is 1.53. The number of ether oxygens (including phenoxy) is 2. The highest BCUT2D eigenvalue weighted by molar-refractivity contribution is 6.33. The van der Waals surface area contributed by atoms with E-state index in [1.165, 1.54) is 5.56 Å². The molecule has 1 aromatic carbocycles. The van der Waals surface area contributed by atoms with Crippen LogP contribution in [-0.2, 0) is 26.7 Å². The smallest absolute Gasteiger partial charge is 0.314 e. The lowest BCUT2D eigenvalue weighted by molar-refractivity contribution is -0.174.